The molecule has 6 rings (SSSR count). The van der Waals surface area contributed by atoms with Gasteiger partial charge < -0.3 is 15.1 Å². The zero-order valence-corrected chi connectivity index (χ0v) is 22.6. The normalized spacial score (nSPS) is 15.4. The minimum absolute atomic E-state index is 0.196. The zero-order valence-electron chi connectivity index (χ0n) is 21.8. The predicted molar refractivity (Wildman–Crippen MR) is 152 cm³/mol. The molecule has 10 heteroatoms. The number of anilines is 1. The molecular formula is C28H30N8OS. The average Bonchev–Trinajstić information content (AvgIpc) is 3.19. The molecular weight excluding hydrogens is 496 g/mol. The molecule has 0 spiro atoms. The van der Waals surface area contributed by atoms with E-state index in [9.17, 15) is 4.79 Å². The molecule has 1 amide bonds. The van der Waals surface area contributed by atoms with Gasteiger partial charge in [0.1, 0.15) is 16.3 Å². The van der Waals surface area contributed by atoms with Crippen molar-refractivity contribution in [3.05, 3.63) is 71.1 Å². The van der Waals surface area contributed by atoms with Crippen molar-refractivity contribution < 1.29 is 4.79 Å². The maximum absolute atomic E-state index is 13.7. The van der Waals surface area contributed by atoms with Crippen LogP contribution in [0.3, 0.4) is 0 Å². The Morgan fingerprint density at radius 3 is 2.76 bits per heavy atom. The first-order valence-corrected chi connectivity index (χ1v) is 13.6. The molecule has 194 valence electrons. The lowest BCUT2D eigenvalue weighted by molar-refractivity contribution is 0.0950. The number of para-hydroxylation sites is 1. The highest BCUT2D eigenvalue weighted by Gasteiger charge is 2.22. The van der Waals surface area contributed by atoms with Crippen LogP contribution < -0.4 is 15.6 Å². The van der Waals surface area contributed by atoms with Gasteiger partial charge >= 0.3 is 0 Å². The number of rotatable bonds is 4. The number of aryl methyl sites for hydroxylation is 1. The van der Waals surface area contributed by atoms with Gasteiger partial charge in [-0.05, 0) is 51.2 Å². The number of aromatic nitrogens is 4. The monoisotopic (exact) mass is 526 g/mol. The molecule has 5 heterocycles. The highest BCUT2D eigenvalue weighted by Crippen LogP contribution is 2.31. The maximum Gasteiger partial charge on any atom is 0.256 e. The van der Waals surface area contributed by atoms with Crippen molar-refractivity contribution in [2.24, 2.45) is 4.99 Å². The molecule has 1 aliphatic rings. The van der Waals surface area contributed by atoms with Gasteiger partial charge in [-0.2, -0.15) is 0 Å². The van der Waals surface area contributed by atoms with Crippen LogP contribution in [-0.2, 0) is 6.54 Å². The Kier molecular flexibility index (Phi) is 6.50. The molecule has 9 nitrogen and oxygen atoms in total. The largest absolute Gasteiger partial charge is 0.355 e. The van der Waals surface area contributed by atoms with Gasteiger partial charge in [-0.3, -0.25) is 24.2 Å². The summed E-state index contributed by atoms with van der Waals surface area (Å²) in [7, 11) is 3.90. The van der Waals surface area contributed by atoms with Crippen molar-refractivity contribution in [2.45, 2.75) is 19.9 Å². The number of nitrogens with zero attached hydrogens (tertiary/aromatic N) is 7. The summed E-state index contributed by atoms with van der Waals surface area (Å²) < 4.78 is 3.21. The van der Waals surface area contributed by atoms with Crippen molar-refractivity contribution in [3.63, 3.8) is 0 Å². The summed E-state index contributed by atoms with van der Waals surface area (Å²) >= 11 is 1.58. The van der Waals surface area contributed by atoms with E-state index in [4.69, 9.17) is 4.98 Å². The first-order chi connectivity index (χ1) is 18.5. The number of thiazole rings is 1. The fourth-order valence-corrected chi connectivity index (χ4v) is 6.23. The van der Waals surface area contributed by atoms with Gasteiger partial charge in [0.25, 0.3) is 5.91 Å². The quantitative estimate of drug-likeness (QED) is 0.386. The van der Waals surface area contributed by atoms with Gasteiger partial charge in [-0.25, -0.2) is 4.98 Å². The number of fused-ring (bicyclic) bond motifs is 5. The molecule has 0 saturated carbocycles. The fourth-order valence-electron chi connectivity index (χ4n) is 5.05. The van der Waals surface area contributed by atoms with Crippen LogP contribution in [0.2, 0.25) is 0 Å². The maximum atomic E-state index is 13.7. The van der Waals surface area contributed by atoms with Gasteiger partial charge in [0, 0.05) is 38.3 Å². The van der Waals surface area contributed by atoms with Gasteiger partial charge in [-0.1, -0.05) is 12.1 Å². The van der Waals surface area contributed by atoms with Crippen molar-refractivity contribution in [3.8, 4) is 0 Å². The molecule has 0 unspecified atom stereocenters. The summed E-state index contributed by atoms with van der Waals surface area (Å²) in [5.41, 5.74) is 3.93. The summed E-state index contributed by atoms with van der Waals surface area (Å²) in [6.45, 7) is 6.16. The Hall–Kier alpha value is -3.89. The van der Waals surface area contributed by atoms with Crippen molar-refractivity contribution in [2.75, 3.05) is 45.2 Å². The molecule has 1 aliphatic heterocycles. The molecule has 0 aliphatic carbocycles. The van der Waals surface area contributed by atoms with Gasteiger partial charge in [0.2, 0.25) is 0 Å². The molecule has 1 N–H and O–H groups in total. The smallest absolute Gasteiger partial charge is 0.256 e. The number of nitrogens with one attached hydrogen (secondary N) is 1. The van der Waals surface area contributed by atoms with E-state index in [0.29, 0.717) is 16.6 Å². The third kappa shape index (κ3) is 4.39. The lowest BCUT2D eigenvalue weighted by Crippen LogP contribution is -2.31. The van der Waals surface area contributed by atoms with E-state index in [1.54, 1.807) is 30.8 Å². The summed E-state index contributed by atoms with van der Waals surface area (Å²) in [5, 5.41) is 4.54. The van der Waals surface area contributed by atoms with Crippen LogP contribution in [0.4, 0.5) is 5.82 Å². The molecule has 1 saturated heterocycles. The number of pyridine rings is 2. The van der Waals surface area contributed by atoms with E-state index in [-0.39, 0.29) is 12.5 Å². The predicted octanol–water partition coefficient (Wildman–Crippen LogP) is 3.40. The second kappa shape index (κ2) is 10.1. The fraction of sp³-hybridized carbons (Fsp3) is 0.321. The Labute approximate surface area is 224 Å². The number of hydrogen-bond acceptors (Lipinski definition) is 8. The van der Waals surface area contributed by atoms with Crippen molar-refractivity contribution in [1.82, 2.24) is 29.6 Å². The van der Waals surface area contributed by atoms with E-state index in [0.717, 1.165) is 70.2 Å². The lowest BCUT2D eigenvalue weighted by Gasteiger charge is -2.22. The summed E-state index contributed by atoms with van der Waals surface area (Å²) in [5.74, 6) is 0.757. The third-order valence-corrected chi connectivity index (χ3v) is 8.20. The van der Waals surface area contributed by atoms with Crippen LogP contribution in [0.25, 0.3) is 26.1 Å². The van der Waals surface area contributed by atoms with Crippen LogP contribution in [0.1, 0.15) is 28.2 Å². The molecule has 1 aromatic carbocycles. The standard InChI is InChI=1S/C28H30N8OS/c1-18-15-31-19(16-30-18)17-32-27(37)24-25(29-2)20-9-10-23(35-12-6-11-34(3)13-14-35)33-26(20)36-21-7-4-5-8-22(21)38-28(24)36/h4-5,7-10,15-16H,6,11-14,17H2,1-3H3,(H,32,37). The summed E-state index contributed by atoms with van der Waals surface area (Å²) in [6, 6.07) is 12.3. The van der Waals surface area contributed by atoms with Gasteiger partial charge in [0.15, 0.2) is 0 Å². The summed E-state index contributed by atoms with van der Waals surface area (Å²) in [4.78, 5) is 37.7. The Morgan fingerprint density at radius 1 is 1.08 bits per heavy atom. The molecule has 1 fully saturated rings. The Morgan fingerprint density at radius 2 is 1.95 bits per heavy atom. The minimum atomic E-state index is -0.196. The zero-order chi connectivity index (χ0) is 26.2. The van der Waals surface area contributed by atoms with Crippen LogP contribution in [0, 0.1) is 6.92 Å². The molecule has 0 radical (unpaired) electrons. The van der Waals surface area contributed by atoms with E-state index in [1.165, 1.54) is 0 Å². The van der Waals surface area contributed by atoms with Crippen molar-refractivity contribution in [1.29, 1.82) is 0 Å². The second-order valence-electron chi connectivity index (χ2n) is 9.67. The molecule has 0 bridgehead atoms. The first-order valence-electron chi connectivity index (χ1n) is 12.8. The molecule has 0 atom stereocenters. The number of likely N-dealkylation sites (N-methyl/N-ethyl adjacent to an activating group) is 1. The SMILES string of the molecule is CN=c1c(C(=O)NCc2cnc(C)cn2)c2sc3ccccc3n2c2nc(N3CCCN(C)CC3)ccc12. The molecule has 5 aromatic rings. The highest BCUT2D eigenvalue weighted by molar-refractivity contribution is 7.24. The Bertz CT molecular complexity index is 1720. The first kappa shape index (κ1) is 24.4. The average molecular weight is 527 g/mol. The lowest BCUT2D eigenvalue weighted by atomic mass is 10.1. The number of benzene rings is 1. The van der Waals surface area contributed by atoms with Crippen LogP contribution in [0.15, 0.2) is 53.8 Å². The van der Waals surface area contributed by atoms with Crippen LogP contribution >= 0.6 is 11.3 Å². The Balaban J connectivity index is 1.52. The van der Waals surface area contributed by atoms with E-state index >= 15 is 0 Å². The number of carbonyl (C=O) groups excluding carboxylic acids is 1. The van der Waals surface area contributed by atoms with Gasteiger partial charge in [0.05, 0.1) is 45.3 Å². The van der Waals surface area contributed by atoms with Crippen LogP contribution in [-0.4, -0.2) is 70.4 Å². The van der Waals surface area contributed by atoms with Crippen molar-refractivity contribution >= 4 is 49.1 Å². The summed E-state index contributed by atoms with van der Waals surface area (Å²) in [6.07, 6.45) is 4.49. The number of amides is 1. The van der Waals surface area contributed by atoms with Gasteiger partial charge in [-0.15, -0.1) is 11.3 Å². The van der Waals surface area contributed by atoms with E-state index in [1.807, 2.05) is 19.1 Å². The topological polar surface area (TPSA) is 91.0 Å². The second-order valence-corrected chi connectivity index (χ2v) is 10.7. The molecule has 4 aromatic heterocycles. The molecule has 38 heavy (non-hydrogen) atoms. The highest BCUT2D eigenvalue weighted by atomic mass is 32.1. The van der Waals surface area contributed by atoms with E-state index < -0.39 is 0 Å². The van der Waals surface area contributed by atoms with E-state index in [2.05, 4.69) is 65.8 Å². The minimum Gasteiger partial charge on any atom is -0.355 e. The number of carbonyl (C=O) groups is 1. The van der Waals surface area contributed by atoms with Crippen LogP contribution in [0.5, 0.6) is 0 Å². The number of hydrogen-bond donors (Lipinski definition) is 1. The third-order valence-electron chi connectivity index (χ3n) is 7.05.